The first-order valence-electron chi connectivity index (χ1n) is 5.07. The van der Waals surface area contributed by atoms with E-state index in [2.05, 4.69) is 17.5 Å². The minimum Gasteiger partial charge on any atom is -0.495 e. The van der Waals surface area contributed by atoms with Crippen molar-refractivity contribution in [3.8, 4) is 11.8 Å². The van der Waals surface area contributed by atoms with Crippen molar-refractivity contribution in [1.82, 2.24) is 0 Å². The van der Waals surface area contributed by atoms with Crippen molar-refractivity contribution in [2.24, 2.45) is 0 Å². The lowest BCUT2D eigenvalue weighted by Gasteiger charge is -2.05. The predicted molar refractivity (Wildman–Crippen MR) is 71.6 cm³/mol. The number of nitrogens with zero attached hydrogens (tertiary/aromatic N) is 1. The zero-order chi connectivity index (χ0) is 12.1. The van der Waals surface area contributed by atoms with Crippen molar-refractivity contribution in [2.45, 2.75) is 9.96 Å². The SMILES string of the molecule is COc1ccc(CSc2cccs2)cc1C#N. The Morgan fingerprint density at radius 3 is 2.94 bits per heavy atom. The van der Waals surface area contributed by atoms with Gasteiger partial charge in [-0.15, -0.1) is 23.1 Å². The first-order valence-corrected chi connectivity index (χ1v) is 6.93. The summed E-state index contributed by atoms with van der Waals surface area (Å²) in [6, 6.07) is 12.0. The maximum Gasteiger partial charge on any atom is 0.136 e. The van der Waals surface area contributed by atoms with Crippen LogP contribution in [-0.2, 0) is 5.75 Å². The average molecular weight is 261 g/mol. The molecule has 0 atom stereocenters. The van der Waals surface area contributed by atoms with Gasteiger partial charge >= 0.3 is 0 Å². The second-order valence-electron chi connectivity index (χ2n) is 3.37. The van der Waals surface area contributed by atoms with E-state index in [0.717, 1.165) is 11.3 Å². The summed E-state index contributed by atoms with van der Waals surface area (Å²) in [6.07, 6.45) is 0. The summed E-state index contributed by atoms with van der Waals surface area (Å²) in [7, 11) is 1.58. The Morgan fingerprint density at radius 2 is 2.29 bits per heavy atom. The molecular weight excluding hydrogens is 250 g/mol. The Balaban J connectivity index is 2.09. The molecule has 2 aromatic rings. The van der Waals surface area contributed by atoms with E-state index in [1.54, 1.807) is 30.2 Å². The Bertz CT molecular complexity index is 529. The Hall–Kier alpha value is -1.44. The summed E-state index contributed by atoms with van der Waals surface area (Å²) in [5, 5.41) is 11.1. The predicted octanol–water partition coefficient (Wildman–Crippen LogP) is 3.92. The van der Waals surface area contributed by atoms with Crippen LogP contribution in [0.25, 0.3) is 0 Å². The summed E-state index contributed by atoms with van der Waals surface area (Å²) in [5.41, 5.74) is 1.73. The third-order valence-corrected chi connectivity index (χ3v) is 4.46. The van der Waals surface area contributed by atoms with Crippen LogP contribution in [0.1, 0.15) is 11.1 Å². The molecule has 2 nitrogen and oxygen atoms in total. The molecule has 0 spiro atoms. The summed E-state index contributed by atoms with van der Waals surface area (Å²) in [4.78, 5) is 0. The van der Waals surface area contributed by atoms with Crippen molar-refractivity contribution >= 4 is 23.1 Å². The van der Waals surface area contributed by atoms with Gasteiger partial charge in [0.15, 0.2) is 0 Å². The lowest BCUT2D eigenvalue weighted by atomic mass is 10.1. The fourth-order valence-electron chi connectivity index (χ4n) is 1.43. The quantitative estimate of drug-likeness (QED) is 0.782. The van der Waals surface area contributed by atoms with E-state index in [1.807, 2.05) is 24.3 Å². The molecule has 0 aliphatic heterocycles. The molecule has 1 aromatic heterocycles. The van der Waals surface area contributed by atoms with Crippen LogP contribution in [0.4, 0.5) is 0 Å². The van der Waals surface area contributed by atoms with E-state index < -0.39 is 0 Å². The number of thiophene rings is 1. The number of ether oxygens (including phenoxy) is 1. The lowest BCUT2D eigenvalue weighted by molar-refractivity contribution is 0.413. The summed E-state index contributed by atoms with van der Waals surface area (Å²) in [6.45, 7) is 0. The van der Waals surface area contributed by atoms with Crippen LogP contribution >= 0.6 is 23.1 Å². The van der Waals surface area contributed by atoms with Gasteiger partial charge in [0.2, 0.25) is 0 Å². The molecule has 0 aliphatic rings. The van der Waals surface area contributed by atoms with Crippen molar-refractivity contribution in [2.75, 3.05) is 7.11 Å². The first kappa shape index (κ1) is 12.0. The lowest BCUT2D eigenvalue weighted by Crippen LogP contribution is -1.89. The summed E-state index contributed by atoms with van der Waals surface area (Å²) < 4.78 is 6.41. The second-order valence-corrected chi connectivity index (χ2v) is 5.59. The molecule has 0 N–H and O–H groups in total. The van der Waals surface area contributed by atoms with E-state index in [4.69, 9.17) is 10.00 Å². The second kappa shape index (κ2) is 5.76. The number of benzene rings is 1. The highest BCUT2D eigenvalue weighted by Gasteiger charge is 2.04. The van der Waals surface area contributed by atoms with Gasteiger partial charge in [-0.05, 0) is 29.1 Å². The molecule has 0 saturated carbocycles. The van der Waals surface area contributed by atoms with E-state index in [-0.39, 0.29) is 0 Å². The molecule has 4 heteroatoms. The van der Waals surface area contributed by atoms with Crippen LogP contribution in [0, 0.1) is 11.3 Å². The van der Waals surface area contributed by atoms with Gasteiger partial charge in [-0.1, -0.05) is 12.1 Å². The van der Waals surface area contributed by atoms with Gasteiger partial charge in [0.1, 0.15) is 11.8 Å². The number of nitriles is 1. The Labute approximate surface area is 109 Å². The zero-order valence-corrected chi connectivity index (χ0v) is 11.0. The van der Waals surface area contributed by atoms with Gasteiger partial charge in [-0.2, -0.15) is 5.26 Å². The maximum absolute atomic E-state index is 8.99. The van der Waals surface area contributed by atoms with Crippen LogP contribution < -0.4 is 4.74 Å². The van der Waals surface area contributed by atoms with Crippen molar-refractivity contribution in [1.29, 1.82) is 5.26 Å². The molecule has 0 fully saturated rings. The maximum atomic E-state index is 8.99. The monoisotopic (exact) mass is 261 g/mol. The Kier molecular flexibility index (Phi) is 4.08. The van der Waals surface area contributed by atoms with Crippen LogP contribution in [0.15, 0.2) is 39.9 Å². The van der Waals surface area contributed by atoms with Crippen molar-refractivity contribution < 1.29 is 4.74 Å². The largest absolute Gasteiger partial charge is 0.495 e. The zero-order valence-electron chi connectivity index (χ0n) is 9.34. The summed E-state index contributed by atoms with van der Waals surface area (Å²) in [5.74, 6) is 1.51. The van der Waals surface area contributed by atoms with Crippen LogP contribution in [-0.4, -0.2) is 7.11 Å². The molecular formula is C13H11NOS2. The number of methoxy groups -OCH3 is 1. The highest BCUT2D eigenvalue weighted by Crippen LogP contribution is 2.28. The fourth-order valence-corrected chi connectivity index (χ4v) is 3.16. The van der Waals surface area contributed by atoms with E-state index in [1.165, 1.54) is 4.21 Å². The molecule has 0 bridgehead atoms. The molecule has 1 heterocycles. The van der Waals surface area contributed by atoms with Crippen LogP contribution in [0.5, 0.6) is 5.75 Å². The van der Waals surface area contributed by atoms with E-state index in [9.17, 15) is 0 Å². The number of hydrogen-bond donors (Lipinski definition) is 0. The van der Waals surface area contributed by atoms with Crippen LogP contribution in [0.3, 0.4) is 0 Å². The number of thioether (sulfide) groups is 1. The number of hydrogen-bond acceptors (Lipinski definition) is 4. The third-order valence-electron chi connectivity index (χ3n) is 2.26. The summed E-state index contributed by atoms with van der Waals surface area (Å²) >= 11 is 3.51. The molecule has 0 unspecified atom stereocenters. The molecule has 86 valence electrons. The molecule has 17 heavy (non-hydrogen) atoms. The fraction of sp³-hybridized carbons (Fsp3) is 0.154. The Morgan fingerprint density at radius 1 is 1.41 bits per heavy atom. The van der Waals surface area contributed by atoms with Crippen LogP contribution in [0.2, 0.25) is 0 Å². The highest BCUT2D eigenvalue weighted by atomic mass is 32.2. The first-order chi connectivity index (χ1) is 8.33. The highest BCUT2D eigenvalue weighted by molar-refractivity contribution is 8.00. The van der Waals surface area contributed by atoms with Gasteiger partial charge in [-0.25, -0.2) is 0 Å². The van der Waals surface area contributed by atoms with Gasteiger partial charge in [0.05, 0.1) is 16.9 Å². The topological polar surface area (TPSA) is 33.0 Å². The minimum atomic E-state index is 0.594. The van der Waals surface area contributed by atoms with Gasteiger partial charge in [0, 0.05) is 5.75 Å². The average Bonchev–Trinajstić information content (AvgIpc) is 2.89. The smallest absolute Gasteiger partial charge is 0.136 e. The van der Waals surface area contributed by atoms with Crippen molar-refractivity contribution in [3.63, 3.8) is 0 Å². The van der Waals surface area contributed by atoms with E-state index in [0.29, 0.717) is 11.3 Å². The normalized spacial score (nSPS) is 9.88. The van der Waals surface area contributed by atoms with Gasteiger partial charge < -0.3 is 4.74 Å². The standard InChI is InChI=1S/C13H11NOS2/c1-15-12-5-4-10(7-11(12)8-14)9-17-13-3-2-6-16-13/h2-7H,9H2,1H3. The molecule has 0 radical (unpaired) electrons. The molecule has 0 amide bonds. The molecule has 1 aromatic carbocycles. The molecule has 2 rings (SSSR count). The van der Waals surface area contributed by atoms with Crippen molar-refractivity contribution in [3.05, 3.63) is 46.8 Å². The third kappa shape index (κ3) is 3.02. The molecule has 0 aliphatic carbocycles. The molecule has 0 saturated heterocycles. The minimum absolute atomic E-state index is 0.594. The van der Waals surface area contributed by atoms with Gasteiger partial charge in [0.25, 0.3) is 0 Å². The van der Waals surface area contributed by atoms with Gasteiger partial charge in [-0.3, -0.25) is 0 Å². The number of rotatable bonds is 4. The van der Waals surface area contributed by atoms with E-state index >= 15 is 0 Å².